The molecule has 1 heterocycles. The molecule has 33 heavy (non-hydrogen) atoms. The third-order valence-corrected chi connectivity index (χ3v) is 5.93. The van der Waals surface area contributed by atoms with Crippen LogP contribution in [-0.4, -0.2) is 37.6 Å². The van der Waals surface area contributed by atoms with Gasteiger partial charge in [0, 0.05) is 23.9 Å². The van der Waals surface area contributed by atoms with Crippen molar-refractivity contribution in [1.29, 1.82) is 0 Å². The molecule has 0 bridgehead atoms. The predicted molar refractivity (Wildman–Crippen MR) is 132 cm³/mol. The molecule has 0 saturated heterocycles. The van der Waals surface area contributed by atoms with Gasteiger partial charge < -0.3 is 20.1 Å². The number of nitrogens with zero attached hydrogens (tertiary/aromatic N) is 1. The molecule has 0 fully saturated rings. The summed E-state index contributed by atoms with van der Waals surface area (Å²) in [6.45, 7) is 5.77. The maximum Gasteiger partial charge on any atom is 0.227 e. The fourth-order valence-electron chi connectivity index (χ4n) is 2.99. The summed E-state index contributed by atoms with van der Waals surface area (Å²) in [5.74, 6) is 1.22. The Labute approximate surface area is 198 Å². The van der Waals surface area contributed by atoms with E-state index in [2.05, 4.69) is 10.6 Å². The number of methoxy groups -OCH3 is 2. The van der Waals surface area contributed by atoms with Crippen molar-refractivity contribution in [3.8, 4) is 33.2 Å². The van der Waals surface area contributed by atoms with Crippen molar-refractivity contribution < 1.29 is 19.1 Å². The molecule has 0 aliphatic carbocycles. The van der Waals surface area contributed by atoms with Gasteiger partial charge in [-0.3, -0.25) is 9.59 Å². The molecule has 3 rings (SSSR count). The number of thiazole rings is 1. The molecule has 0 saturated carbocycles. The van der Waals surface area contributed by atoms with Gasteiger partial charge in [0.25, 0.3) is 0 Å². The van der Waals surface area contributed by atoms with E-state index in [4.69, 9.17) is 14.5 Å². The summed E-state index contributed by atoms with van der Waals surface area (Å²) < 4.78 is 10.5. The number of aromatic nitrogens is 1. The molecule has 2 aromatic carbocycles. The van der Waals surface area contributed by atoms with Crippen molar-refractivity contribution >= 4 is 28.3 Å². The standard InChI is InChI=1S/C25H29N3O4S/c1-25(2,3)23(30)26-15-14-20(29)27-24-28-21(16-6-10-18(31-4)11-7-16)22(33-24)17-8-12-19(32-5)13-9-17/h6-13H,14-15H2,1-5H3,(H,26,30)(H,27,28,29). The van der Waals surface area contributed by atoms with E-state index in [9.17, 15) is 9.59 Å². The smallest absolute Gasteiger partial charge is 0.227 e. The molecule has 0 spiro atoms. The maximum absolute atomic E-state index is 12.5. The van der Waals surface area contributed by atoms with E-state index in [-0.39, 0.29) is 24.8 Å². The van der Waals surface area contributed by atoms with Crippen LogP contribution in [0.1, 0.15) is 27.2 Å². The molecule has 2 amide bonds. The van der Waals surface area contributed by atoms with Crippen LogP contribution in [0.5, 0.6) is 11.5 Å². The first-order valence-electron chi connectivity index (χ1n) is 10.6. The summed E-state index contributed by atoms with van der Waals surface area (Å²) >= 11 is 1.40. The highest BCUT2D eigenvalue weighted by atomic mass is 32.1. The number of nitrogens with one attached hydrogen (secondary N) is 2. The van der Waals surface area contributed by atoms with Crippen LogP contribution in [0.4, 0.5) is 5.13 Å². The lowest BCUT2D eigenvalue weighted by Crippen LogP contribution is -2.36. The molecule has 1 aromatic heterocycles. The third-order valence-electron chi connectivity index (χ3n) is 4.91. The van der Waals surface area contributed by atoms with Gasteiger partial charge in [0.2, 0.25) is 11.8 Å². The second kappa shape index (κ2) is 10.5. The largest absolute Gasteiger partial charge is 0.497 e. The van der Waals surface area contributed by atoms with Gasteiger partial charge in [-0.25, -0.2) is 4.98 Å². The number of hydrogen-bond acceptors (Lipinski definition) is 6. The molecule has 174 valence electrons. The molecule has 0 radical (unpaired) electrons. The first-order chi connectivity index (χ1) is 15.7. The Bertz CT molecular complexity index is 1040. The van der Waals surface area contributed by atoms with Crippen molar-refractivity contribution in [3.63, 3.8) is 0 Å². The topological polar surface area (TPSA) is 89.5 Å². The highest BCUT2D eigenvalue weighted by molar-refractivity contribution is 7.19. The summed E-state index contributed by atoms with van der Waals surface area (Å²) in [5, 5.41) is 6.16. The van der Waals surface area contributed by atoms with Gasteiger partial charge in [-0.15, -0.1) is 0 Å². The SMILES string of the molecule is COc1ccc(-c2nc(NC(=O)CCNC(=O)C(C)(C)C)sc2-c2ccc(OC)cc2)cc1. The van der Waals surface area contributed by atoms with E-state index < -0.39 is 5.41 Å². The molecule has 0 atom stereocenters. The summed E-state index contributed by atoms with van der Waals surface area (Å²) in [6, 6.07) is 15.3. The summed E-state index contributed by atoms with van der Waals surface area (Å²) in [4.78, 5) is 30.1. The molecule has 2 N–H and O–H groups in total. The number of carbonyl (C=O) groups excluding carboxylic acids is 2. The Hall–Kier alpha value is -3.39. The van der Waals surface area contributed by atoms with Crippen molar-refractivity contribution in [2.45, 2.75) is 27.2 Å². The number of hydrogen-bond donors (Lipinski definition) is 2. The Morgan fingerprint density at radius 2 is 1.45 bits per heavy atom. The van der Waals surface area contributed by atoms with Gasteiger partial charge >= 0.3 is 0 Å². The van der Waals surface area contributed by atoms with Crippen LogP contribution in [0.25, 0.3) is 21.7 Å². The van der Waals surface area contributed by atoms with Crippen LogP contribution in [-0.2, 0) is 9.59 Å². The van der Waals surface area contributed by atoms with E-state index in [0.29, 0.717) is 5.13 Å². The molecule has 8 heteroatoms. The molecule has 0 aliphatic heterocycles. The lowest BCUT2D eigenvalue weighted by Gasteiger charge is -2.17. The van der Waals surface area contributed by atoms with Crippen LogP contribution in [0, 0.1) is 5.41 Å². The molecular weight excluding hydrogens is 438 g/mol. The minimum atomic E-state index is -0.494. The normalized spacial score (nSPS) is 11.1. The lowest BCUT2D eigenvalue weighted by molar-refractivity contribution is -0.128. The molecule has 0 aliphatic rings. The van der Waals surface area contributed by atoms with Crippen LogP contribution in [0.15, 0.2) is 48.5 Å². The summed E-state index contributed by atoms with van der Waals surface area (Å²) in [7, 11) is 3.25. The quantitative estimate of drug-likeness (QED) is 0.487. The molecule has 0 unspecified atom stereocenters. The van der Waals surface area contributed by atoms with Gasteiger partial charge in [-0.2, -0.15) is 0 Å². The van der Waals surface area contributed by atoms with E-state index in [1.54, 1.807) is 14.2 Å². The second-order valence-corrected chi connectivity index (χ2v) is 9.46. The van der Waals surface area contributed by atoms with E-state index in [0.717, 1.165) is 33.2 Å². The van der Waals surface area contributed by atoms with E-state index in [1.165, 1.54) is 11.3 Å². The average Bonchev–Trinajstić information content (AvgIpc) is 3.22. The minimum absolute atomic E-state index is 0.0897. The van der Waals surface area contributed by atoms with E-state index in [1.807, 2.05) is 69.3 Å². The number of rotatable bonds is 8. The van der Waals surface area contributed by atoms with Crippen LogP contribution in [0.2, 0.25) is 0 Å². The minimum Gasteiger partial charge on any atom is -0.497 e. The molecular formula is C25H29N3O4S. The third kappa shape index (κ3) is 6.32. The van der Waals surface area contributed by atoms with Crippen LogP contribution in [0.3, 0.4) is 0 Å². The van der Waals surface area contributed by atoms with Crippen molar-refractivity contribution in [1.82, 2.24) is 10.3 Å². The number of carbonyl (C=O) groups is 2. The lowest BCUT2D eigenvalue weighted by atomic mass is 9.96. The number of ether oxygens (including phenoxy) is 2. The highest BCUT2D eigenvalue weighted by Crippen LogP contribution is 2.40. The Balaban J connectivity index is 1.81. The van der Waals surface area contributed by atoms with Gasteiger partial charge in [0.15, 0.2) is 5.13 Å². The highest BCUT2D eigenvalue weighted by Gasteiger charge is 2.21. The first-order valence-corrected chi connectivity index (χ1v) is 11.4. The second-order valence-electron chi connectivity index (χ2n) is 8.46. The van der Waals surface area contributed by atoms with Crippen molar-refractivity contribution in [3.05, 3.63) is 48.5 Å². The zero-order valence-electron chi connectivity index (χ0n) is 19.5. The predicted octanol–water partition coefficient (Wildman–Crippen LogP) is 4.99. The Kier molecular flexibility index (Phi) is 7.71. The van der Waals surface area contributed by atoms with Gasteiger partial charge in [-0.05, 0) is 54.1 Å². The fourth-order valence-corrected chi connectivity index (χ4v) is 4.00. The number of benzene rings is 2. The Morgan fingerprint density at radius 3 is 1.97 bits per heavy atom. The number of anilines is 1. The average molecular weight is 468 g/mol. The van der Waals surface area contributed by atoms with Crippen LogP contribution < -0.4 is 20.1 Å². The van der Waals surface area contributed by atoms with Crippen LogP contribution >= 0.6 is 11.3 Å². The number of amides is 2. The summed E-state index contributed by atoms with van der Waals surface area (Å²) in [6.07, 6.45) is 0.164. The van der Waals surface area contributed by atoms with Gasteiger partial charge in [0.05, 0.1) is 24.8 Å². The first kappa shape index (κ1) is 24.3. The Morgan fingerprint density at radius 1 is 0.909 bits per heavy atom. The van der Waals surface area contributed by atoms with Gasteiger partial charge in [-0.1, -0.05) is 32.1 Å². The zero-order chi connectivity index (χ0) is 24.0. The molecule has 3 aromatic rings. The van der Waals surface area contributed by atoms with Gasteiger partial charge in [0.1, 0.15) is 11.5 Å². The van der Waals surface area contributed by atoms with E-state index >= 15 is 0 Å². The van der Waals surface area contributed by atoms with Crippen molar-refractivity contribution in [2.24, 2.45) is 5.41 Å². The fraction of sp³-hybridized carbons (Fsp3) is 0.320. The maximum atomic E-state index is 12.5. The monoisotopic (exact) mass is 467 g/mol. The van der Waals surface area contributed by atoms with Crippen molar-refractivity contribution in [2.75, 3.05) is 26.1 Å². The molecule has 7 nitrogen and oxygen atoms in total. The zero-order valence-corrected chi connectivity index (χ0v) is 20.3. The summed E-state index contributed by atoms with van der Waals surface area (Å²) in [5.41, 5.74) is 2.16.